The van der Waals surface area contributed by atoms with Gasteiger partial charge >= 0.3 is 0 Å². The number of sulfonamides is 1. The normalized spacial score (nSPS) is 11.7. The average Bonchev–Trinajstić information content (AvgIpc) is 2.73. The molecule has 0 fully saturated rings. The second-order valence-corrected chi connectivity index (χ2v) is 5.80. The van der Waals surface area contributed by atoms with Crippen molar-refractivity contribution in [2.75, 3.05) is 0 Å². The fourth-order valence-electron chi connectivity index (χ4n) is 1.38. The van der Waals surface area contributed by atoms with E-state index in [1.807, 2.05) is 0 Å². The van der Waals surface area contributed by atoms with Crippen molar-refractivity contribution in [2.45, 2.75) is 11.4 Å². The van der Waals surface area contributed by atoms with Gasteiger partial charge in [0.05, 0.1) is 11.2 Å². The fourth-order valence-corrected chi connectivity index (χ4v) is 2.83. The molecule has 0 bridgehead atoms. The number of hydrogen-bond donors (Lipinski definition) is 1. The lowest BCUT2D eigenvalue weighted by Gasteiger charge is -2.06. The summed E-state index contributed by atoms with van der Waals surface area (Å²) in [4.78, 5) is 3.72. The molecule has 0 amide bonds. The third kappa shape index (κ3) is 2.87. The highest BCUT2D eigenvalue weighted by molar-refractivity contribution is 7.89. The molecule has 8 heteroatoms. The molecule has 2 aromatic rings. The highest BCUT2D eigenvalue weighted by Gasteiger charge is 2.17. The molecule has 0 aromatic carbocycles. The fraction of sp³-hybridized carbons (Fsp3) is 0.200. The van der Waals surface area contributed by atoms with Gasteiger partial charge in [0.25, 0.3) is 0 Å². The standard InChI is InChI=1S/C10H11ClN4O2S/c1-15-7-8(4-13-15)5-14-18(16,17)10-6-12-3-2-9(10)11/h2-4,6-7,14H,5H2,1H3. The summed E-state index contributed by atoms with van der Waals surface area (Å²) in [5, 5.41) is 4.09. The van der Waals surface area contributed by atoms with E-state index in [-0.39, 0.29) is 16.5 Å². The maximum atomic E-state index is 12.0. The molecule has 0 unspecified atom stereocenters. The molecule has 0 saturated carbocycles. The van der Waals surface area contributed by atoms with Crippen molar-refractivity contribution in [3.8, 4) is 0 Å². The van der Waals surface area contributed by atoms with E-state index in [0.29, 0.717) is 0 Å². The van der Waals surface area contributed by atoms with E-state index < -0.39 is 10.0 Å². The van der Waals surface area contributed by atoms with E-state index >= 15 is 0 Å². The Labute approximate surface area is 110 Å². The first-order chi connectivity index (χ1) is 8.49. The first kappa shape index (κ1) is 13.0. The quantitative estimate of drug-likeness (QED) is 0.908. The zero-order chi connectivity index (χ0) is 13.2. The van der Waals surface area contributed by atoms with Crippen molar-refractivity contribution in [2.24, 2.45) is 7.05 Å². The number of aromatic nitrogens is 3. The van der Waals surface area contributed by atoms with Gasteiger partial charge in [0, 0.05) is 37.7 Å². The summed E-state index contributed by atoms with van der Waals surface area (Å²) in [7, 11) is -1.90. The Morgan fingerprint density at radius 2 is 2.22 bits per heavy atom. The number of halogens is 1. The van der Waals surface area contributed by atoms with Crippen LogP contribution in [0.1, 0.15) is 5.56 Å². The highest BCUT2D eigenvalue weighted by Crippen LogP contribution is 2.19. The molecule has 2 heterocycles. The van der Waals surface area contributed by atoms with Crippen LogP contribution in [0.25, 0.3) is 0 Å². The van der Waals surface area contributed by atoms with Crippen molar-refractivity contribution >= 4 is 21.6 Å². The van der Waals surface area contributed by atoms with Gasteiger partial charge in [-0.2, -0.15) is 5.10 Å². The van der Waals surface area contributed by atoms with E-state index in [1.165, 1.54) is 18.5 Å². The van der Waals surface area contributed by atoms with Crippen LogP contribution in [-0.2, 0) is 23.6 Å². The minimum Gasteiger partial charge on any atom is -0.275 e. The van der Waals surface area contributed by atoms with Crippen molar-refractivity contribution in [1.82, 2.24) is 19.5 Å². The van der Waals surface area contributed by atoms with E-state index in [4.69, 9.17) is 11.6 Å². The van der Waals surface area contributed by atoms with Crippen molar-refractivity contribution < 1.29 is 8.42 Å². The SMILES string of the molecule is Cn1cc(CNS(=O)(=O)c2cnccc2Cl)cn1. The monoisotopic (exact) mass is 286 g/mol. The number of nitrogens with zero attached hydrogens (tertiary/aromatic N) is 3. The zero-order valence-electron chi connectivity index (χ0n) is 9.54. The molecule has 96 valence electrons. The molecule has 2 rings (SSSR count). The van der Waals surface area contributed by atoms with Crippen molar-refractivity contribution in [3.05, 3.63) is 41.4 Å². The van der Waals surface area contributed by atoms with Gasteiger partial charge in [-0.3, -0.25) is 9.67 Å². The van der Waals surface area contributed by atoms with Crippen LogP contribution in [0.4, 0.5) is 0 Å². The molecule has 2 aromatic heterocycles. The Hall–Kier alpha value is -1.44. The third-order valence-corrected chi connectivity index (χ3v) is 4.12. The average molecular weight is 287 g/mol. The molecule has 1 N–H and O–H groups in total. The molecule has 0 radical (unpaired) electrons. The smallest absolute Gasteiger partial charge is 0.243 e. The lowest BCUT2D eigenvalue weighted by atomic mass is 10.4. The number of pyridine rings is 1. The minimum absolute atomic E-state index is 0.0319. The van der Waals surface area contributed by atoms with Gasteiger partial charge in [0.1, 0.15) is 4.90 Å². The Morgan fingerprint density at radius 1 is 1.44 bits per heavy atom. The predicted molar refractivity (Wildman–Crippen MR) is 66.5 cm³/mol. The minimum atomic E-state index is -3.66. The molecule has 6 nitrogen and oxygen atoms in total. The van der Waals surface area contributed by atoms with Gasteiger partial charge in [-0.15, -0.1) is 0 Å². The van der Waals surface area contributed by atoms with Gasteiger partial charge in [-0.1, -0.05) is 11.6 Å². The van der Waals surface area contributed by atoms with Crippen LogP contribution < -0.4 is 4.72 Å². The van der Waals surface area contributed by atoms with Gasteiger partial charge in [0.2, 0.25) is 10.0 Å². The van der Waals surface area contributed by atoms with Crippen LogP contribution >= 0.6 is 11.6 Å². The summed E-state index contributed by atoms with van der Waals surface area (Å²) >= 11 is 5.82. The lowest BCUT2D eigenvalue weighted by molar-refractivity contribution is 0.581. The zero-order valence-corrected chi connectivity index (χ0v) is 11.1. The van der Waals surface area contributed by atoms with Crippen molar-refractivity contribution in [3.63, 3.8) is 0 Å². The summed E-state index contributed by atoms with van der Waals surface area (Å²) in [5.74, 6) is 0. The third-order valence-electron chi connectivity index (χ3n) is 2.25. The van der Waals surface area contributed by atoms with Crippen LogP contribution in [0.3, 0.4) is 0 Å². The first-order valence-corrected chi connectivity index (χ1v) is 6.92. The number of nitrogens with one attached hydrogen (secondary N) is 1. The Morgan fingerprint density at radius 3 is 2.83 bits per heavy atom. The van der Waals surface area contributed by atoms with Crippen LogP contribution in [0, 0.1) is 0 Å². The Balaban J connectivity index is 2.16. The Kier molecular flexibility index (Phi) is 3.65. The number of rotatable bonds is 4. The maximum absolute atomic E-state index is 12.0. The largest absolute Gasteiger partial charge is 0.275 e. The second kappa shape index (κ2) is 5.05. The molecule has 0 saturated heterocycles. The molecular formula is C10H11ClN4O2S. The summed E-state index contributed by atoms with van der Waals surface area (Å²) in [6, 6.07) is 1.43. The van der Waals surface area contributed by atoms with Crippen molar-refractivity contribution in [1.29, 1.82) is 0 Å². The van der Waals surface area contributed by atoms with E-state index in [0.717, 1.165) is 5.56 Å². The van der Waals surface area contributed by atoms with Gasteiger partial charge in [0.15, 0.2) is 0 Å². The summed E-state index contributed by atoms with van der Waals surface area (Å²) in [6.45, 7) is 0.154. The Bertz CT molecular complexity index is 653. The second-order valence-electron chi connectivity index (χ2n) is 3.65. The lowest BCUT2D eigenvalue weighted by Crippen LogP contribution is -2.23. The highest BCUT2D eigenvalue weighted by atomic mass is 35.5. The molecule has 0 aliphatic heterocycles. The molecule has 0 aliphatic rings. The van der Waals surface area contributed by atoms with Gasteiger partial charge in [-0.05, 0) is 6.07 Å². The maximum Gasteiger partial charge on any atom is 0.243 e. The van der Waals surface area contributed by atoms with Crippen LogP contribution in [0.15, 0.2) is 35.7 Å². The molecule has 0 atom stereocenters. The van der Waals surface area contributed by atoms with Gasteiger partial charge < -0.3 is 0 Å². The summed E-state index contributed by atoms with van der Waals surface area (Å²) < 4.78 is 28.0. The van der Waals surface area contributed by atoms with Crippen LogP contribution in [0.2, 0.25) is 5.02 Å². The van der Waals surface area contributed by atoms with Gasteiger partial charge in [-0.25, -0.2) is 13.1 Å². The van der Waals surface area contributed by atoms with E-state index in [1.54, 1.807) is 24.1 Å². The predicted octanol–water partition coefficient (Wildman–Crippen LogP) is 0.947. The van der Waals surface area contributed by atoms with E-state index in [9.17, 15) is 8.42 Å². The summed E-state index contributed by atoms with van der Waals surface area (Å²) in [6.07, 6.45) is 5.97. The van der Waals surface area contributed by atoms with E-state index in [2.05, 4.69) is 14.8 Å². The first-order valence-electron chi connectivity index (χ1n) is 5.06. The molecular weight excluding hydrogens is 276 g/mol. The molecule has 18 heavy (non-hydrogen) atoms. The topological polar surface area (TPSA) is 76.9 Å². The number of hydrogen-bond acceptors (Lipinski definition) is 4. The molecule has 0 aliphatic carbocycles. The van der Waals surface area contributed by atoms with Crippen LogP contribution in [0.5, 0.6) is 0 Å². The summed E-state index contributed by atoms with van der Waals surface area (Å²) in [5.41, 5.74) is 0.765. The molecule has 0 spiro atoms. The van der Waals surface area contributed by atoms with Crippen LogP contribution in [-0.4, -0.2) is 23.2 Å². The number of aryl methyl sites for hydroxylation is 1.